The summed E-state index contributed by atoms with van der Waals surface area (Å²) in [4.78, 5) is 11.1. The van der Waals surface area contributed by atoms with Crippen molar-refractivity contribution in [2.45, 2.75) is 18.4 Å². The van der Waals surface area contributed by atoms with Gasteiger partial charge < -0.3 is 15.4 Å². The van der Waals surface area contributed by atoms with E-state index in [-0.39, 0.29) is 18.3 Å². The van der Waals surface area contributed by atoms with E-state index in [1.165, 1.54) is 12.1 Å². The van der Waals surface area contributed by atoms with Gasteiger partial charge in [-0.05, 0) is 6.07 Å². The summed E-state index contributed by atoms with van der Waals surface area (Å²) in [5.74, 6) is -4.17. The molecule has 20 heavy (non-hydrogen) atoms. The number of halogens is 4. The van der Waals surface area contributed by atoms with Crippen LogP contribution >= 0.6 is 0 Å². The molecule has 0 bridgehead atoms. The molecule has 2 amide bonds. The van der Waals surface area contributed by atoms with Crippen LogP contribution < -0.4 is 15.4 Å². The number of alkyl halides is 4. The number of amides is 2. The lowest BCUT2D eigenvalue weighted by atomic mass is 10.1. The van der Waals surface area contributed by atoms with Crippen LogP contribution in [0.25, 0.3) is 0 Å². The molecule has 1 aliphatic heterocycles. The Morgan fingerprint density at radius 1 is 1.35 bits per heavy atom. The Bertz CT molecular complexity index is 496. The zero-order valence-corrected chi connectivity index (χ0v) is 10.2. The van der Waals surface area contributed by atoms with Crippen molar-refractivity contribution in [1.29, 1.82) is 0 Å². The molecule has 0 radical (unpaired) electrons. The number of hydrogen-bond donors (Lipinski definition) is 2. The Morgan fingerprint density at radius 3 is 2.65 bits per heavy atom. The zero-order valence-electron chi connectivity index (χ0n) is 10.2. The molecular formula is C12H12F4N2O2. The number of nitrogens with one attached hydrogen (secondary N) is 2. The van der Waals surface area contributed by atoms with Gasteiger partial charge in [0.2, 0.25) is 0 Å². The Kier molecular flexibility index (Phi) is 4.01. The van der Waals surface area contributed by atoms with E-state index < -0.39 is 25.0 Å². The minimum absolute atomic E-state index is 0.0434. The van der Waals surface area contributed by atoms with Crippen molar-refractivity contribution in [2.75, 3.05) is 13.2 Å². The molecule has 1 heterocycles. The molecule has 1 aromatic rings. The first kappa shape index (κ1) is 14.4. The lowest BCUT2D eigenvalue weighted by Gasteiger charge is -2.19. The van der Waals surface area contributed by atoms with Crippen LogP contribution in [0.1, 0.15) is 11.6 Å². The van der Waals surface area contributed by atoms with Gasteiger partial charge in [-0.1, -0.05) is 18.2 Å². The van der Waals surface area contributed by atoms with Gasteiger partial charge in [-0.25, -0.2) is 13.6 Å². The topological polar surface area (TPSA) is 50.4 Å². The van der Waals surface area contributed by atoms with Crippen molar-refractivity contribution in [3.8, 4) is 5.75 Å². The van der Waals surface area contributed by atoms with Crippen LogP contribution in [0, 0.1) is 0 Å². The molecule has 1 unspecified atom stereocenters. The summed E-state index contributed by atoms with van der Waals surface area (Å²) in [5, 5.41) is 5.08. The summed E-state index contributed by atoms with van der Waals surface area (Å²) in [5.41, 5.74) is 0.455. The predicted octanol–water partition coefficient (Wildman–Crippen LogP) is 2.32. The number of hydrogen-bond acceptors (Lipinski definition) is 2. The molecule has 1 aliphatic rings. The Labute approximate surface area is 112 Å². The number of ether oxygens (including phenoxy) is 1. The lowest BCUT2D eigenvalue weighted by molar-refractivity contribution is -0.148. The smallest absolute Gasteiger partial charge is 0.340 e. The van der Waals surface area contributed by atoms with E-state index in [9.17, 15) is 22.4 Å². The Morgan fingerprint density at radius 2 is 2.05 bits per heavy atom. The van der Waals surface area contributed by atoms with Crippen LogP contribution in [0.4, 0.5) is 22.4 Å². The van der Waals surface area contributed by atoms with Gasteiger partial charge in [-0.2, -0.15) is 8.78 Å². The molecule has 4 nitrogen and oxygen atoms in total. The first-order chi connectivity index (χ1) is 9.40. The number of urea groups is 1. The normalized spacial score (nSPS) is 18.9. The third-order valence-corrected chi connectivity index (χ3v) is 2.81. The minimum atomic E-state index is -4.22. The van der Waals surface area contributed by atoms with Crippen molar-refractivity contribution in [1.82, 2.24) is 10.6 Å². The fraction of sp³-hybridized carbons (Fsp3) is 0.417. The molecule has 2 N–H and O–H groups in total. The summed E-state index contributed by atoms with van der Waals surface area (Å²) in [7, 11) is 0. The van der Waals surface area contributed by atoms with Crippen LogP contribution in [-0.4, -0.2) is 31.5 Å². The average molecular weight is 292 g/mol. The largest absolute Gasteiger partial charge is 0.487 e. The average Bonchev–Trinajstić information content (AvgIpc) is 2.83. The summed E-state index contributed by atoms with van der Waals surface area (Å²) < 4.78 is 54.6. The molecule has 110 valence electrons. The van der Waals surface area contributed by atoms with Crippen molar-refractivity contribution in [3.05, 3.63) is 29.8 Å². The molecule has 2 rings (SSSR count). The summed E-state index contributed by atoms with van der Waals surface area (Å²) in [6, 6.07) is 5.30. The highest BCUT2D eigenvalue weighted by atomic mass is 19.3. The van der Waals surface area contributed by atoms with Gasteiger partial charge in [0.05, 0.1) is 6.04 Å². The highest BCUT2D eigenvalue weighted by Crippen LogP contribution is 2.29. The highest BCUT2D eigenvalue weighted by Gasteiger charge is 2.42. The number of benzene rings is 1. The molecule has 0 aromatic heterocycles. The fourth-order valence-corrected chi connectivity index (χ4v) is 1.78. The standard InChI is InChI=1S/C12H12F4N2O2/c13-10(14)12(15,16)6-20-9-4-2-1-3-7(9)8-5-17-11(19)18-8/h1-4,8,10H,5-6H2,(H2,17,18,19). The van der Waals surface area contributed by atoms with Crippen molar-refractivity contribution in [3.63, 3.8) is 0 Å². The number of para-hydroxylation sites is 1. The van der Waals surface area contributed by atoms with E-state index in [4.69, 9.17) is 4.74 Å². The van der Waals surface area contributed by atoms with Gasteiger partial charge in [0.15, 0.2) is 6.61 Å². The maximum atomic E-state index is 12.8. The summed E-state index contributed by atoms with van der Waals surface area (Å²) in [6.45, 7) is -1.15. The monoisotopic (exact) mass is 292 g/mol. The van der Waals surface area contributed by atoms with Crippen molar-refractivity contribution >= 4 is 6.03 Å². The van der Waals surface area contributed by atoms with Gasteiger partial charge >= 0.3 is 18.4 Å². The van der Waals surface area contributed by atoms with E-state index in [1.54, 1.807) is 12.1 Å². The van der Waals surface area contributed by atoms with E-state index in [1.807, 2.05) is 0 Å². The molecular weight excluding hydrogens is 280 g/mol. The van der Waals surface area contributed by atoms with Crippen LogP contribution in [0.3, 0.4) is 0 Å². The van der Waals surface area contributed by atoms with E-state index >= 15 is 0 Å². The maximum Gasteiger partial charge on any atom is 0.340 e. The zero-order chi connectivity index (χ0) is 14.8. The maximum absolute atomic E-state index is 12.8. The van der Waals surface area contributed by atoms with Crippen molar-refractivity contribution < 1.29 is 27.1 Å². The second kappa shape index (κ2) is 5.56. The van der Waals surface area contributed by atoms with Crippen LogP contribution in [0.5, 0.6) is 5.75 Å². The van der Waals surface area contributed by atoms with Crippen LogP contribution in [-0.2, 0) is 0 Å². The number of carbonyl (C=O) groups excluding carboxylic acids is 1. The van der Waals surface area contributed by atoms with Gasteiger partial charge in [0.25, 0.3) is 0 Å². The first-order valence-electron chi connectivity index (χ1n) is 5.82. The quantitative estimate of drug-likeness (QED) is 0.818. The molecule has 0 saturated carbocycles. The first-order valence-corrected chi connectivity index (χ1v) is 5.82. The van der Waals surface area contributed by atoms with E-state index in [0.717, 1.165) is 0 Å². The lowest BCUT2D eigenvalue weighted by Crippen LogP contribution is -2.34. The highest BCUT2D eigenvalue weighted by molar-refractivity contribution is 5.77. The van der Waals surface area contributed by atoms with Crippen molar-refractivity contribution in [2.24, 2.45) is 0 Å². The van der Waals surface area contributed by atoms with Crippen LogP contribution in [0.15, 0.2) is 24.3 Å². The second-order valence-electron chi connectivity index (χ2n) is 4.30. The summed E-state index contributed by atoms with van der Waals surface area (Å²) >= 11 is 0. The minimum Gasteiger partial charge on any atom is -0.487 e. The SMILES string of the molecule is O=C1NCC(c2ccccc2OCC(F)(F)C(F)F)N1. The Hall–Kier alpha value is -1.99. The van der Waals surface area contributed by atoms with Gasteiger partial charge in [0, 0.05) is 12.1 Å². The number of rotatable bonds is 5. The Balaban J connectivity index is 2.10. The second-order valence-corrected chi connectivity index (χ2v) is 4.30. The van der Waals surface area contributed by atoms with Gasteiger partial charge in [-0.15, -0.1) is 0 Å². The molecule has 0 aliphatic carbocycles. The fourth-order valence-electron chi connectivity index (χ4n) is 1.78. The molecule has 1 fully saturated rings. The molecule has 1 saturated heterocycles. The molecule has 0 spiro atoms. The number of carbonyl (C=O) groups is 1. The third kappa shape index (κ3) is 3.12. The third-order valence-electron chi connectivity index (χ3n) is 2.81. The van der Waals surface area contributed by atoms with Gasteiger partial charge in [0.1, 0.15) is 5.75 Å². The van der Waals surface area contributed by atoms with E-state index in [2.05, 4.69) is 10.6 Å². The van der Waals surface area contributed by atoms with Crippen LogP contribution in [0.2, 0.25) is 0 Å². The molecule has 8 heteroatoms. The van der Waals surface area contributed by atoms with Gasteiger partial charge in [-0.3, -0.25) is 0 Å². The molecule has 1 aromatic carbocycles. The predicted molar refractivity (Wildman–Crippen MR) is 62.2 cm³/mol. The van der Waals surface area contributed by atoms with E-state index in [0.29, 0.717) is 5.56 Å². The molecule has 1 atom stereocenters. The summed E-state index contributed by atoms with van der Waals surface area (Å²) in [6.07, 6.45) is -3.79.